The summed E-state index contributed by atoms with van der Waals surface area (Å²) < 4.78 is 0. The molecule has 1 rings (SSSR count). The van der Waals surface area contributed by atoms with Crippen LogP contribution in [0.25, 0.3) is 5.57 Å². The van der Waals surface area contributed by atoms with Gasteiger partial charge in [-0.1, -0.05) is 70.4 Å². The van der Waals surface area contributed by atoms with Crippen LogP contribution in [0, 0.1) is 57.7 Å². The minimum absolute atomic E-state index is 0.0400. The molecule has 0 fully saturated rings. The van der Waals surface area contributed by atoms with Crippen molar-refractivity contribution >= 4 is 11.3 Å². The summed E-state index contributed by atoms with van der Waals surface area (Å²) in [7, 11) is 0. The molecule has 0 saturated heterocycles. The lowest BCUT2D eigenvalue weighted by atomic mass is 9.91. The first-order valence-electron chi connectivity index (χ1n) is 11.5. The monoisotopic (exact) mass is 437 g/mol. The molecule has 0 unspecified atom stereocenters. The Balaban J connectivity index is 3.34. The second-order valence-corrected chi connectivity index (χ2v) is 7.75. The predicted octanol–water partition coefficient (Wildman–Crippen LogP) is 6.43. The lowest BCUT2D eigenvalue weighted by molar-refractivity contribution is 0.609. The van der Waals surface area contributed by atoms with Gasteiger partial charge in [0.05, 0.1) is 5.57 Å². The van der Waals surface area contributed by atoms with Crippen molar-refractivity contribution in [3.05, 3.63) is 46.5 Å². The Bertz CT molecular complexity index is 996. The fourth-order valence-corrected chi connectivity index (χ4v) is 3.62. The number of hydrogen-bond acceptors (Lipinski definition) is 5. The summed E-state index contributed by atoms with van der Waals surface area (Å²) in [5.41, 5.74) is 1.17. The third kappa shape index (κ3) is 8.23. The van der Waals surface area contributed by atoms with Crippen molar-refractivity contribution in [1.29, 1.82) is 21.0 Å². The fourth-order valence-electron chi connectivity index (χ4n) is 3.62. The summed E-state index contributed by atoms with van der Waals surface area (Å²) in [5.74, 6) is 2.33. The number of hydrogen-bond donors (Lipinski definition) is 0. The van der Waals surface area contributed by atoms with Gasteiger partial charge in [0.15, 0.2) is 0 Å². The van der Waals surface area contributed by atoms with Gasteiger partial charge in [-0.25, -0.2) is 0 Å². The van der Waals surface area contributed by atoms with Crippen molar-refractivity contribution in [1.82, 2.24) is 0 Å². The molecule has 1 aromatic rings. The molecule has 5 heteroatoms. The van der Waals surface area contributed by atoms with E-state index in [-0.39, 0.29) is 22.3 Å². The van der Waals surface area contributed by atoms with Gasteiger partial charge in [0.1, 0.15) is 35.4 Å². The predicted molar refractivity (Wildman–Crippen MR) is 132 cm³/mol. The molecule has 0 aliphatic rings. The average Bonchev–Trinajstić information content (AvgIpc) is 2.85. The first kappa shape index (κ1) is 27.1. The lowest BCUT2D eigenvalue weighted by Crippen LogP contribution is -2.25. The van der Waals surface area contributed by atoms with Gasteiger partial charge in [-0.05, 0) is 30.5 Å². The maximum atomic E-state index is 9.46. The maximum Gasteiger partial charge on any atom is 0.145 e. The highest BCUT2D eigenvalue weighted by atomic mass is 15.1. The van der Waals surface area contributed by atoms with Crippen molar-refractivity contribution in [2.75, 3.05) is 18.0 Å². The van der Waals surface area contributed by atoms with E-state index in [1.807, 2.05) is 24.3 Å². The molecular formula is C28H31N5. The van der Waals surface area contributed by atoms with Crippen LogP contribution in [0.15, 0.2) is 41.0 Å². The lowest BCUT2D eigenvalue weighted by Gasteiger charge is -2.25. The van der Waals surface area contributed by atoms with Crippen LogP contribution in [0.2, 0.25) is 0 Å². The van der Waals surface area contributed by atoms with Crippen LogP contribution < -0.4 is 4.90 Å². The Morgan fingerprint density at radius 3 is 1.61 bits per heavy atom. The molecule has 0 bridgehead atoms. The van der Waals surface area contributed by atoms with Gasteiger partial charge in [0.25, 0.3) is 0 Å². The number of allylic oxidation sites excluding steroid dienone is 4. The molecule has 0 saturated carbocycles. The van der Waals surface area contributed by atoms with Gasteiger partial charge >= 0.3 is 0 Å². The SMILES string of the molecule is C#CC(=C(C#N)C#N)C(=C(C#N)C#N)c1ccc(N(CCCCCC)CCCCCC)cc1. The van der Waals surface area contributed by atoms with E-state index in [2.05, 4.69) is 24.7 Å². The quantitative estimate of drug-likeness (QED) is 0.153. The first-order valence-corrected chi connectivity index (χ1v) is 11.5. The van der Waals surface area contributed by atoms with Crippen molar-refractivity contribution in [2.24, 2.45) is 0 Å². The minimum Gasteiger partial charge on any atom is -0.372 e. The molecule has 0 spiro atoms. The van der Waals surface area contributed by atoms with Crippen LogP contribution in [-0.2, 0) is 0 Å². The number of nitrogens with zero attached hydrogens (tertiary/aromatic N) is 5. The zero-order valence-corrected chi connectivity index (χ0v) is 19.7. The number of nitriles is 4. The van der Waals surface area contributed by atoms with Crippen molar-refractivity contribution < 1.29 is 0 Å². The highest BCUT2D eigenvalue weighted by Gasteiger charge is 2.18. The summed E-state index contributed by atoms with van der Waals surface area (Å²) in [6.45, 7) is 6.34. The number of anilines is 1. The van der Waals surface area contributed by atoms with E-state index in [1.165, 1.54) is 38.5 Å². The van der Waals surface area contributed by atoms with Crippen molar-refractivity contribution in [3.63, 3.8) is 0 Å². The Morgan fingerprint density at radius 1 is 0.727 bits per heavy atom. The smallest absolute Gasteiger partial charge is 0.145 e. The van der Waals surface area contributed by atoms with E-state index in [9.17, 15) is 21.0 Å². The molecule has 0 radical (unpaired) electrons. The van der Waals surface area contributed by atoms with Gasteiger partial charge < -0.3 is 4.90 Å². The average molecular weight is 438 g/mol. The molecule has 0 aromatic heterocycles. The second-order valence-electron chi connectivity index (χ2n) is 7.75. The third-order valence-electron chi connectivity index (χ3n) is 5.43. The Labute approximate surface area is 198 Å². The molecule has 0 amide bonds. The van der Waals surface area contributed by atoms with E-state index in [0.29, 0.717) is 5.56 Å². The normalized spacial score (nSPS) is 9.36. The summed E-state index contributed by atoms with van der Waals surface area (Å²) in [6.07, 6.45) is 15.1. The number of unbranched alkanes of at least 4 members (excludes halogenated alkanes) is 6. The molecule has 33 heavy (non-hydrogen) atoms. The zero-order chi connectivity index (χ0) is 24.5. The Hall–Kier alpha value is -3.98. The highest BCUT2D eigenvalue weighted by Crippen LogP contribution is 2.30. The molecule has 0 atom stereocenters. The van der Waals surface area contributed by atoms with Gasteiger partial charge in [0, 0.05) is 24.4 Å². The Kier molecular flexibility index (Phi) is 12.9. The van der Waals surface area contributed by atoms with Crippen molar-refractivity contribution in [2.45, 2.75) is 65.2 Å². The molecule has 0 aliphatic carbocycles. The van der Waals surface area contributed by atoms with Crippen LogP contribution in [0.1, 0.15) is 70.8 Å². The minimum atomic E-state index is -0.298. The van der Waals surface area contributed by atoms with Gasteiger partial charge in [-0.3, -0.25) is 0 Å². The van der Waals surface area contributed by atoms with E-state index in [1.54, 1.807) is 24.3 Å². The van der Waals surface area contributed by atoms with Crippen LogP contribution in [0.5, 0.6) is 0 Å². The summed E-state index contributed by atoms with van der Waals surface area (Å²) in [5, 5.41) is 37.5. The molecule has 5 nitrogen and oxygen atoms in total. The molecule has 0 N–H and O–H groups in total. The molecule has 1 aromatic carbocycles. The fraction of sp³-hybridized carbons (Fsp3) is 0.429. The van der Waals surface area contributed by atoms with Crippen LogP contribution in [-0.4, -0.2) is 13.1 Å². The largest absolute Gasteiger partial charge is 0.372 e. The summed E-state index contributed by atoms with van der Waals surface area (Å²) in [6, 6.07) is 14.7. The van der Waals surface area contributed by atoms with Gasteiger partial charge in [-0.2, -0.15) is 21.0 Å². The number of rotatable bonds is 13. The second kappa shape index (κ2) is 15.8. The van der Waals surface area contributed by atoms with Gasteiger partial charge in [0.2, 0.25) is 0 Å². The number of terminal acetylenes is 1. The van der Waals surface area contributed by atoms with Crippen molar-refractivity contribution in [3.8, 4) is 36.6 Å². The number of benzene rings is 1. The van der Waals surface area contributed by atoms with E-state index >= 15 is 0 Å². The van der Waals surface area contributed by atoms with Crippen LogP contribution in [0.3, 0.4) is 0 Å². The van der Waals surface area contributed by atoms with E-state index in [0.717, 1.165) is 31.6 Å². The van der Waals surface area contributed by atoms with Gasteiger partial charge in [-0.15, -0.1) is 6.42 Å². The van der Waals surface area contributed by atoms with E-state index < -0.39 is 0 Å². The molecular weight excluding hydrogens is 406 g/mol. The molecule has 0 aliphatic heterocycles. The van der Waals surface area contributed by atoms with Crippen LogP contribution >= 0.6 is 0 Å². The standard InChI is InChI=1S/C28H31N5/c1-4-7-9-11-17-33(18-12-10-8-5-2)26-15-13-23(14-16-26)28(25(21-31)22-32)27(6-3)24(19-29)20-30/h3,13-16H,4-5,7-12,17-18H2,1-2H3. The maximum absolute atomic E-state index is 9.46. The van der Waals surface area contributed by atoms with E-state index in [4.69, 9.17) is 6.42 Å². The topological polar surface area (TPSA) is 98.4 Å². The Morgan fingerprint density at radius 2 is 1.21 bits per heavy atom. The summed E-state index contributed by atoms with van der Waals surface area (Å²) >= 11 is 0. The third-order valence-corrected chi connectivity index (χ3v) is 5.43. The molecule has 0 heterocycles. The molecule has 168 valence electrons. The zero-order valence-electron chi connectivity index (χ0n) is 19.7. The first-order chi connectivity index (χ1) is 16.1. The summed E-state index contributed by atoms with van der Waals surface area (Å²) in [4.78, 5) is 2.38. The van der Waals surface area contributed by atoms with Crippen LogP contribution in [0.4, 0.5) is 5.69 Å². The highest BCUT2D eigenvalue weighted by molar-refractivity contribution is 5.92.